The summed E-state index contributed by atoms with van der Waals surface area (Å²) >= 11 is 0. The van der Waals surface area contributed by atoms with Gasteiger partial charge in [0.1, 0.15) is 0 Å². The van der Waals surface area contributed by atoms with Crippen molar-refractivity contribution in [2.75, 3.05) is 26.3 Å². The van der Waals surface area contributed by atoms with Gasteiger partial charge in [-0.25, -0.2) is 4.68 Å². The van der Waals surface area contributed by atoms with Gasteiger partial charge in [-0.05, 0) is 31.7 Å². The number of hydrogen-bond acceptors (Lipinski definition) is 5. The van der Waals surface area contributed by atoms with E-state index in [9.17, 15) is 4.79 Å². The molecule has 0 N–H and O–H groups in total. The van der Waals surface area contributed by atoms with Crippen molar-refractivity contribution in [3.8, 4) is 0 Å². The number of hydrogen-bond donors (Lipinski definition) is 0. The second kappa shape index (κ2) is 7.64. The predicted molar refractivity (Wildman–Crippen MR) is 95.5 cm³/mol. The third-order valence-electron chi connectivity index (χ3n) is 5.07. The molecule has 1 aromatic carbocycles. The largest absolute Gasteiger partial charge is 0.377 e. The van der Waals surface area contributed by atoms with E-state index in [0.29, 0.717) is 12.1 Å². The molecule has 2 aliphatic heterocycles. The van der Waals surface area contributed by atoms with Crippen LogP contribution in [0.15, 0.2) is 35.3 Å². The maximum absolute atomic E-state index is 12.7. The van der Waals surface area contributed by atoms with Gasteiger partial charge < -0.3 is 9.47 Å². The molecule has 134 valence electrons. The molecule has 2 fully saturated rings. The minimum absolute atomic E-state index is 0.0391. The van der Waals surface area contributed by atoms with Crippen LogP contribution in [0.4, 0.5) is 0 Å². The van der Waals surface area contributed by atoms with Gasteiger partial charge in [0.15, 0.2) is 0 Å². The lowest BCUT2D eigenvalue weighted by Crippen LogP contribution is -2.41. The third kappa shape index (κ3) is 3.92. The summed E-state index contributed by atoms with van der Waals surface area (Å²) in [4.78, 5) is 15.0. The molecule has 0 saturated carbocycles. The fourth-order valence-electron chi connectivity index (χ4n) is 3.76. The molecule has 0 radical (unpaired) electrons. The van der Waals surface area contributed by atoms with Crippen molar-refractivity contribution in [1.29, 1.82) is 0 Å². The first-order chi connectivity index (χ1) is 12.3. The van der Waals surface area contributed by atoms with Crippen LogP contribution in [0, 0.1) is 0 Å². The molecule has 1 aromatic heterocycles. The Labute approximate surface area is 147 Å². The zero-order valence-electron chi connectivity index (χ0n) is 14.5. The SMILES string of the molecule is O=c1c2ccccc2cnn1CN(C[C@H]1CCCO1)C[C@@H]1CCCO1. The molecule has 3 heterocycles. The summed E-state index contributed by atoms with van der Waals surface area (Å²) in [5.41, 5.74) is -0.0391. The van der Waals surface area contributed by atoms with Crippen molar-refractivity contribution in [3.05, 3.63) is 40.8 Å². The van der Waals surface area contributed by atoms with Gasteiger partial charge in [-0.1, -0.05) is 18.2 Å². The fraction of sp³-hybridized carbons (Fsp3) is 0.579. The molecule has 6 heteroatoms. The van der Waals surface area contributed by atoms with Gasteiger partial charge in [0.25, 0.3) is 5.56 Å². The molecule has 2 aliphatic rings. The molecule has 4 rings (SSSR count). The van der Waals surface area contributed by atoms with Crippen molar-refractivity contribution in [2.24, 2.45) is 0 Å². The smallest absolute Gasteiger partial charge is 0.275 e. The third-order valence-corrected chi connectivity index (χ3v) is 5.07. The van der Waals surface area contributed by atoms with Gasteiger partial charge in [0, 0.05) is 31.7 Å². The molecule has 2 atom stereocenters. The highest BCUT2D eigenvalue weighted by atomic mass is 16.5. The molecular formula is C19H25N3O3. The average Bonchev–Trinajstić information content (AvgIpc) is 3.32. The van der Waals surface area contributed by atoms with E-state index in [1.807, 2.05) is 24.3 Å². The van der Waals surface area contributed by atoms with E-state index in [1.165, 1.54) is 0 Å². The summed E-state index contributed by atoms with van der Waals surface area (Å²) in [6.07, 6.45) is 6.67. The van der Waals surface area contributed by atoms with E-state index < -0.39 is 0 Å². The molecule has 6 nitrogen and oxygen atoms in total. The lowest BCUT2D eigenvalue weighted by atomic mass is 10.2. The van der Waals surface area contributed by atoms with E-state index in [1.54, 1.807) is 10.9 Å². The Hall–Kier alpha value is -1.76. The van der Waals surface area contributed by atoms with E-state index in [-0.39, 0.29) is 17.8 Å². The Morgan fingerprint density at radius 1 is 1.08 bits per heavy atom. The van der Waals surface area contributed by atoms with E-state index in [2.05, 4.69) is 10.00 Å². The zero-order chi connectivity index (χ0) is 17.1. The highest BCUT2D eigenvalue weighted by molar-refractivity contribution is 5.80. The van der Waals surface area contributed by atoms with Crippen LogP contribution in [-0.4, -0.2) is 53.2 Å². The minimum Gasteiger partial charge on any atom is -0.377 e. The summed E-state index contributed by atoms with van der Waals surface area (Å²) in [6, 6.07) is 7.60. The van der Waals surface area contributed by atoms with Crippen LogP contribution in [0.3, 0.4) is 0 Å². The van der Waals surface area contributed by atoms with Crippen molar-refractivity contribution in [2.45, 2.75) is 44.6 Å². The normalized spacial score (nSPS) is 23.7. The summed E-state index contributed by atoms with van der Waals surface area (Å²) < 4.78 is 13.2. The first kappa shape index (κ1) is 16.7. The molecule has 0 spiro atoms. The van der Waals surface area contributed by atoms with Crippen LogP contribution in [-0.2, 0) is 16.1 Å². The maximum Gasteiger partial charge on any atom is 0.275 e. The topological polar surface area (TPSA) is 56.6 Å². The second-order valence-corrected chi connectivity index (χ2v) is 6.98. The number of benzene rings is 1. The highest BCUT2D eigenvalue weighted by Crippen LogP contribution is 2.17. The zero-order valence-corrected chi connectivity index (χ0v) is 14.5. The molecule has 2 aromatic rings. The maximum atomic E-state index is 12.7. The standard InChI is InChI=1S/C19H25N3O3/c23-19-18-8-2-1-5-15(18)11-20-22(19)14-21(12-16-6-3-9-24-16)13-17-7-4-10-25-17/h1-2,5,8,11,16-17H,3-4,6-7,9-10,12-14H2/t16-,17+. The van der Waals surface area contributed by atoms with E-state index in [0.717, 1.165) is 57.4 Å². The molecule has 2 saturated heterocycles. The minimum atomic E-state index is -0.0391. The Morgan fingerprint density at radius 2 is 1.76 bits per heavy atom. The molecule has 0 bridgehead atoms. The Balaban J connectivity index is 1.54. The van der Waals surface area contributed by atoms with Crippen LogP contribution in [0.2, 0.25) is 0 Å². The quantitative estimate of drug-likeness (QED) is 0.803. The van der Waals surface area contributed by atoms with Crippen LogP contribution in [0.25, 0.3) is 10.8 Å². The van der Waals surface area contributed by atoms with Crippen molar-refractivity contribution < 1.29 is 9.47 Å². The monoisotopic (exact) mass is 343 g/mol. The Kier molecular flexibility index (Phi) is 5.10. The van der Waals surface area contributed by atoms with Gasteiger partial charge in [0.05, 0.1) is 30.5 Å². The van der Waals surface area contributed by atoms with E-state index in [4.69, 9.17) is 9.47 Å². The number of rotatable bonds is 6. The summed E-state index contributed by atoms with van der Waals surface area (Å²) in [6.45, 7) is 3.80. The van der Waals surface area contributed by atoms with Gasteiger partial charge in [-0.3, -0.25) is 9.69 Å². The van der Waals surface area contributed by atoms with Crippen LogP contribution < -0.4 is 5.56 Å². The van der Waals surface area contributed by atoms with Gasteiger partial charge in [-0.15, -0.1) is 0 Å². The van der Waals surface area contributed by atoms with E-state index >= 15 is 0 Å². The molecule has 0 amide bonds. The fourth-order valence-corrected chi connectivity index (χ4v) is 3.76. The van der Waals surface area contributed by atoms with Crippen LogP contribution >= 0.6 is 0 Å². The molecule has 0 unspecified atom stereocenters. The molecule has 0 aliphatic carbocycles. The van der Waals surface area contributed by atoms with Crippen molar-refractivity contribution >= 4 is 10.8 Å². The number of nitrogens with zero attached hydrogens (tertiary/aromatic N) is 3. The lowest BCUT2D eigenvalue weighted by molar-refractivity contribution is 0.0231. The van der Waals surface area contributed by atoms with Crippen LogP contribution in [0.1, 0.15) is 25.7 Å². The van der Waals surface area contributed by atoms with Crippen molar-refractivity contribution in [1.82, 2.24) is 14.7 Å². The predicted octanol–water partition coefficient (Wildman–Crippen LogP) is 2.01. The van der Waals surface area contributed by atoms with Gasteiger partial charge >= 0.3 is 0 Å². The highest BCUT2D eigenvalue weighted by Gasteiger charge is 2.24. The average molecular weight is 343 g/mol. The molecule has 25 heavy (non-hydrogen) atoms. The first-order valence-corrected chi connectivity index (χ1v) is 9.20. The molecular weight excluding hydrogens is 318 g/mol. The number of aromatic nitrogens is 2. The lowest BCUT2D eigenvalue weighted by Gasteiger charge is -2.27. The number of fused-ring (bicyclic) bond motifs is 1. The number of ether oxygens (including phenoxy) is 2. The summed E-state index contributed by atoms with van der Waals surface area (Å²) in [5, 5.41) is 5.97. The second-order valence-electron chi connectivity index (χ2n) is 6.98. The summed E-state index contributed by atoms with van der Waals surface area (Å²) in [5.74, 6) is 0. The summed E-state index contributed by atoms with van der Waals surface area (Å²) in [7, 11) is 0. The van der Waals surface area contributed by atoms with Gasteiger partial charge in [-0.2, -0.15) is 5.10 Å². The van der Waals surface area contributed by atoms with Gasteiger partial charge in [0.2, 0.25) is 0 Å². The van der Waals surface area contributed by atoms with Crippen molar-refractivity contribution in [3.63, 3.8) is 0 Å². The first-order valence-electron chi connectivity index (χ1n) is 9.20. The Morgan fingerprint density at radius 3 is 2.40 bits per heavy atom. The van der Waals surface area contributed by atoms with Crippen LogP contribution in [0.5, 0.6) is 0 Å². The Bertz CT molecular complexity index is 746.